The molecule has 2 amide bonds. The second-order valence-corrected chi connectivity index (χ2v) is 5.58. The number of fused-ring (bicyclic) bond motifs is 1. The molecule has 2 aliphatic rings. The molecule has 0 radical (unpaired) electrons. The van der Waals surface area contributed by atoms with Crippen LogP contribution in [0.1, 0.15) is 24.6 Å². The number of carbonyl (C=O) groups excluding carboxylic acids is 2. The Morgan fingerprint density at radius 3 is 3.10 bits per heavy atom. The Morgan fingerprint density at radius 1 is 1.52 bits per heavy atom. The molecule has 7 nitrogen and oxygen atoms in total. The number of nitrogens with zero attached hydrogens (tertiary/aromatic N) is 3. The van der Waals surface area contributed by atoms with Gasteiger partial charge in [0.05, 0.1) is 37.2 Å². The summed E-state index contributed by atoms with van der Waals surface area (Å²) in [5.74, 6) is 0.0435. The van der Waals surface area contributed by atoms with Gasteiger partial charge in [-0.25, -0.2) is 0 Å². The number of nitrogens with one attached hydrogen (secondary N) is 1. The molecule has 7 heteroatoms. The second kappa shape index (κ2) is 5.85. The molecule has 0 bridgehead atoms. The molecule has 0 aromatic carbocycles. The molecule has 0 aliphatic carbocycles. The van der Waals surface area contributed by atoms with Crippen LogP contribution in [0.4, 0.5) is 0 Å². The minimum absolute atomic E-state index is 0.0416. The van der Waals surface area contributed by atoms with Crippen molar-refractivity contribution in [3.63, 3.8) is 0 Å². The number of hydrogen-bond acceptors (Lipinski definition) is 4. The molecule has 1 saturated heterocycles. The van der Waals surface area contributed by atoms with Crippen molar-refractivity contribution in [2.75, 3.05) is 26.8 Å². The van der Waals surface area contributed by atoms with Gasteiger partial charge in [-0.3, -0.25) is 14.3 Å². The quantitative estimate of drug-likeness (QED) is 0.846. The van der Waals surface area contributed by atoms with Crippen LogP contribution in [-0.4, -0.2) is 53.3 Å². The largest absolute Gasteiger partial charge is 0.381 e. The zero-order valence-electron chi connectivity index (χ0n) is 12.1. The van der Waals surface area contributed by atoms with E-state index < -0.39 is 0 Å². The Balaban J connectivity index is 1.76. The first-order valence-corrected chi connectivity index (χ1v) is 7.28. The number of rotatable bonds is 3. The van der Waals surface area contributed by atoms with Gasteiger partial charge in [0.2, 0.25) is 11.8 Å². The Labute approximate surface area is 123 Å². The zero-order chi connectivity index (χ0) is 14.8. The predicted octanol–water partition coefficient (Wildman–Crippen LogP) is -0.0610. The van der Waals surface area contributed by atoms with Crippen LogP contribution in [0.2, 0.25) is 0 Å². The maximum absolute atomic E-state index is 12.5. The van der Waals surface area contributed by atoms with E-state index in [4.69, 9.17) is 4.74 Å². The van der Waals surface area contributed by atoms with Crippen molar-refractivity contribution in [1.29, 1.82) is 0 Å². The van der Waals surface area contributed by atoms with Gasteiger partial charge >= 0.3 is 0 Å². The van der Waals surface area contributed by atoms with E-state index in [9.17, 15) is 9.59 Å². The molecule has 1 aromatic rings. The Bertz CT molecular complexity index is 536. The molecule has 3 rings (SSSR count). The first-order valence-electron chi connectivity index (χ1n) is 7.28. The third-order valence-electron chi connectivity index (χ3n) is 4.17. The highest BCUT2D eigenvalue weighted by Crippen LogP contribution is 2.26. The maximum atomic E-state index is 12.5. The molecule has 1 fully saturated rings. The third-order valence-corrected chi connectivity index (χ3v) is 4.17. The fourth-order valence-electron chi connectivity index (χ4n) is 3.01. The van der Waals surface area contributed by atoms with Gasteiger partial charge in [-0.05, 0) is 12.5 Å². The van der Waals surface area contributed by atoms with Gasteiger partial charge in [0.25, 0.3) is 0 Å². The summed E-state index contributed by atoms with van der Waals surface area (Å²) in [6.45, 7) is 2.25. The van der Waals surface area contributed by atoms with Crippen LogP contribution in [0.15, 0.2) is 12.3 Å². The van der Waals surface area contributed by atoms with Crippen LogP contribution in [0.3, 0.4) is 0 Å². The molecule has 0 saturated carbocycles. The molecular weight excluding hydrogens is 272 g/mol. The van der Waals surface area contributed by atoms with E-state index in [2.05, 4.69) is 10.4 Å². The SMILES string of the molecule is CNC(=O)CC1CN(C(=O)C2CCOC2)Cc2ccnn21. The lowest BCUT2D eigenvalue weighted by atomic mass is 10.0. The summed E-state index contributed by atoms with van der Waals surface area (Å²) < 4.78 is 7.17. The highest BCUT2D eigenvalue weighted by molar-refractivity contribution is 5.80. The average Bonchev–Trinajstić information content (AvgIpc) is 3.17. The fraction of sp³-hybridized carbons (Fsp3) is 0.643. The van der Waals surface area contributed by atoms with Crippen molar-refractivity contribution in [2.24, 2.45) is 5.92 Å². The summed E-state index contributed by atoms with van der Waals surface area (Å²) in [6.07, 6.45) is 2.84. The molecule has 0 spiro atoms. The van der Waals surface area contributed by atoms with E-state index in [1.807, 2.05) is 15.6 Å². The molecule has 2 aliphatic heterocycles. The Hall–Kier alpha value is -1.89. The van der Waals surface area contributed by atoms with Gasteiger partial charge in [-0.15, -0.1) is 0 Å². The van der Waals surface area contributed by atoms with E-state index >= 15 is 0 Å². The number of amides is 2. The van der Waals surface area contributed by atoms with Gasteiger partial charge in [-0.2, -0.15) is 5.10 Å². The first kappa shape index (κ1) is 14.1. The van der Waals surface area contributed by atoms with Gasteiger partial charge in [-0.1, -0.05) is 0 Å². The van der Waals surface area contributed by atoms with Gasteiger partial charge in [0.1, 0.15) is 0 Å². The monoisotopic (exact) mass is 292 g/mol. The van der Waals surface area contributed by atoms with Crippen LogP contribution in [0.5, 0.6) is 0 Å². The van der Waals surface area contributed by atoms with Crippen molar-refractivity contribution < 1.29 is 14.3 Å². The van der Waals surface area contributed by atoms with E-state index in [0.29, 0.717) is 32.7 Å². The Morgan fingerprint density at radius 2 is 2.38 bits per heavy atom. The lowest BCUT2D eigenvalue weighted by molar-refractivity contribution is -0.138. The number of carbonyl (C=O) groups is 2. The van der Waals surface area contributed by atoms with Gasteiger partial charge in [0, 0.05) is 26.4 Å². The summed E-state index contributed by atoms with van der Waals surface area (Å²) in [7, 11) is 1.62. The van der Waals surface area contributed by atoms with Crippen molar-refractivity contribution >= 4 is 11.8 Å². The van der Waals surface area contributed by atoms with Crippen molar-refractivity contribution in [2.45, 2.75) is 25.4 Å². The summed E-state index contributed by atoms with van der Waals surface area (Å²) in [6, 6.07) is 1.80. The summed E-state index contributed by atoms with van der Waals surface area (Å²) in [4.78, 5) is 26.1. The summed E-state index contributed by atoms with van der Waals surface area (Å²) in [5.41, 5.74) is 0.974. The molecule has 3 heterocycles. The first-order chi connectivity index (χ1) is 10.2. The van der Waals surface area contributed by atoms with Crippen LogP contribution < -0.4 is 5.32 Å². The predicted molar refractivity (Wildman–Crippen MR) is 74.3 cm³/mol. The highest BCUT2D eigenvalue weighted by atomic mass is 16.5. The molecule has 1 aromatic heterocycles. The Kier molecular flexibility index (Phi) is 3.92. The van der Waals surface area contributed by atoms with Gasteiger partial charge < -0.3 is 15.0 Å². The molecule has 2 unspecified atom stereocenters. The molecule has 114 valence electrons. The highest BCUT2D eigenvalue weighted by Gasteiger charge is 2.34. The standard InChI is InChI=1S/C14H20N4O3/c1-15-13(19)6-12-8-17(7-11-2-4-16-18(11)12)14(20)10-3-5-21-9-10/h2,4,10,12H,3,5-9H2,1H3,(H,15,19). The minimum atomic E-state index is -0.102. The van der Waals surface area contributed by atoms with E-state index in [-0.39, 0.29) is 23.8 Å². The third kappa shape index (κ3) is 2.78. The normalized spacial score (nSPS) is 24.7. The van der Waals surface area contributed by atoms with Crippen LogP contribution >= 0.6 is 0 Å². The number of ether oxygens (including phenoxy) is 1. The van der Waals surface area contributed by atoms with Crippen LogP contribution in [-0.2, 0) is 20.9 Å². The van der Waals surface area contributed by atoms with E-state index in [0.717, 1.165) is 12.1 Å². The lowest BCUT2D eigenvalue weighted by Crippen LogP contribution is -2.45. The summed E-state index contributed by atoms with van der Waals surface area (Å²) >= 11 is 0. The second-order valence-electron chi connectivity index (χ2n) is 5.58. The van der Waals surface area contributed by atoms with E-state index in [1.165, 1.54) is 0 Å². The summed E-state index contributed by atoms with van der Waals surface area (Å²) in [5, 5.41) is 6.92. The topological polar surface area (TPSA) is 76.5 Å². The van der Waals surface area contributed by atoms with Crippen LogP contribution in [0, 0.1) is 5.92 Å². The molecule has 21 heavy (non-hydrogen) atoms. The average molecular weight is 292 g/mol. The van der Waals surface area contributed by atoms with Crippen molar-refractivity contribution in [3.05, 3.63) is 18.0 Å². The molecule has 2 atom stereocenters. The number of aromatic nitrogens is 2. The molecule has 1 N–H and O–H groups in total. The maximum Gasteiger partial charge on any atom is 0.228 e. The smallest absolute Gasteiger partial charge is 0.228 e. The van der Waals surface area contributed by atoms with E-state index in [1.54, 1.807) is 13.2 Å². The van der Waals surface area contributed by atoms with Gasteiger partial charge in [0.15, 0.2) is 0 Å². The fourth-order valence-corrected chi connectivity index (χ4v) is 3.01. The van der Waals surface area contributed by atoms with Crippen molar-refractivity contribution in [1.82, 2.24) is 20.0 Å². The van der Waals surface area contributed by atoms with Crippen molar-refractivity contribution in [3.8, 4) is 0 Å². The zero-order valence-corrected chi connectivity index (χ0v) is 12.1. The van der Waals surface area contributed by atoms with Crippen LogP contribution in [0.25, 0.3) is 0 Å². The molecular formula is C14H20N4O3. The number of hydrogen-bond donors (Lipinski definition) is 1. The lowest BCUT2D eigenvalue weighted by Gasteiger charge is -2.34. The minimum Gasteiger partial charge on any atom is -0.381 e.